The number of carbonyl (C=O) groups is 2. The highest BCUT2D eigenvalue weighted by atomic mass is 16.4. The number of carboxylic acid groups (broad SMARTS) is 1. The van der Waals surface area contributed by atoms with Crippen molar-refractivity contribution in [2.75, 3.05) is 0 Å². The predicted molar refractivity (Wildman–Crippen MR) is 66.4 cm³/mol. The highest BCUT2D eigenvalue weighted by Crippen LogP contribution is 2.05. The maximum atomic E-state index is 12.0. The van der Waals surface area contributed by atoms with Gasteiger partial charge in [-0.2, -0.15) is 5.10 Å². The summed E-state index contributed by atoms with van der Waals surface area (Å²) in [5.74, 6) is -1.07. The Bertz CT molecular complexity index is 440. The van der Waals surface area contributed by atoms with E-state index in [9.17, 15) is 9.59 Å². The van der Waals surface area contributed by atoms with Crippen LogP contribution in [0.4, 0.5) is 0 Å². The quantitative estimate of drug-likeness (QED) is 0.797. The summed E-state index contributed by atoms with van der Waals surface area (Å²) in [6, 6.07) is 1.55. The first-order chi connectivity index (χ1) is 8.43. The van der Waals surface area contributed by atoms with Crippen LogP contribution in [-0.4, -0.2) is 32.8 Å². The summed E-state index contributed by atoms with van der Waals surface area (Å²) in [5.41, 5.74) is 1.30. The minimum atomic E-state index is -0.856. The molecule has 0 radical (unpaired) electrons. The summed E-state index contributed by atoms with van der Waals surface area (Å²) >= 11 is 0. The number of hydrogen-bond acceptors (Lipinski definition) is 3. The van der Waals surface area contributed by atoms with Crippen LogP contribution >= 0.6 is 0 Å². The molecule has 100 valence electrons. The second kappa shape index (κ2) is 6.18. The second-order valence-electron chi connectivity index (χ2n) is 4.29. The number of nitrogens with zero attached hydrogens (tertiary/aromatic N) is 2. The van der Waals surface area contributed by atoms with Gasteiger partial charge >= 0.3 is 5.97 Å². The molecule has 6 heteroatoms. The Kier molecular flexibility index (Phi) is 4.88. The molecule has 0 aromatic carbocycles. The Labute approximate surface area is 106 Å². The third-order valence-electron chi connectivity index (χ3n) is 2.60. The zero-order valence-corrected chi connectivity index (χ0v) is 10.9. The normalized spacial score (nSPS) is 12.2. The van der Waals surface area contributed by atoms with Crippen LogP contribution in [0.5, 0.6) is 0 Å². The molecule has 0 fully saturated rings. The standard InChI is InChI=1S/C12H19N3O3/c1-4-15-10(7-9(3)14-15)12(18)13-8(2)5-6-11(16)17/h7-8H,4-6H2,1-3H3,(H,13,18)(H,16,17). The van der Waals surface area contributed by atoms with E-state index >= 15 is 0 Å². The monoisotopic (exact) mass is 253 g/mol. The topological polar surface area (TPSA) is 84.2 Å². The number of rotatable bonds is 6. The largest absolute Gasteiger partial charge is 0.481 e. The third kappa shape index (κ3) is 3.87. The number of carbonyl (C=O) groups excluding carboxylic acids is 1. The number of aliphatic carboxylic acids is 1. The molecule has 1 amide bonds. The van der Waals surface area contributed by atoms with Gasteiger partial charge in [0.2, 0.25) is 0 Å². The molecule has 0 saturated heterocycles. The minimum absolute atomic E-state index is 0.0491. The lowest BCUT2D eigenvalue weighted by atomic mass is 10.2. The average molecular weight is 253 g/mol. The molecule has 0 aliphatic carbocycles. The van der Waals surface area contributed by atoms with E-state index in [1.54, 1.807) is 17.7 Å². The Hall–Kier alpha value is -1.85. The van der Waals surface area contributed by atoms with Crippen molar-refractivity contribution in [3.05, 3.63) is 17.5 Å². The molecule has 1 unspecified atom stereocenters. The smallest absolute Gasteiger partial charge is 0.303 e. The molecule has 18 heavy (non-hydrogen) atoms. The molecule has 1 rings (SSSR count). The van der Waals surface area contributed by atoms with E-state index in [-0.39, 0.29) is 18.4 Å². The van der Waals surface area contributed by atoms with Gasteiger partial charge in [-0.25, -0.2) is 0 Å². The molecule has 1 atom stereocenters. The SMILES string of the molecule is CCn1nc(C)cc1C(=O)NC(C)CCC(=O)O. The van der Waals surface area contributed by atoms with E-state index in [0.717, 1.165) is 5.69 Å². The molecular formula is C12H19N3O3. The summed E-state index contributed by atoms with van der Waals surface area (Å²) in [7, 11) is 0. The van der Waals surface area contributed by atoms with E-state index in [1.807, 2.05) is 13.8 Å². The van der Waals surface area contributed by atoms with Gasteiger partial charge in [0, 0.05) is 19.0 Å². The van der Waals surface area contributed by atoms with Gasteiger partial charge in [-0.15, -0.1) is 0 Å². The summed E-state index contributed by atoms with van der Waals surface area (Å²) in [6.07, 6.45) is 0.466. The predicted octanol–water partition coefficient (Wildman–Crippen LogP) is 1.19. The first-order valence-electron chi connectivity index (χ1n) is 6.01. The van der Waals surface area contributed by atoms with Crippen molar-refractivity contribution in [3.8, 4) is 0 Å². The molecule has 1 aromatic heterocycles. The molecule has 0 saturated carbocycles. The van der Waals surface area contributed by atoms with Gasteiger partial charge in [0.15, 0.2) is 0 Å². The number of nitrogens with one attached hydrogen (secondary N) is 1. The van der Waals surface area contributed by atoms with Crippen molar-refractivity contribution in [1.82, 2.24) is 15.1 Å². The summed E-state index contributed by atoms with van der Waals surface area (Å²) in [6.45, 7) is 6.16. The number of amides is 1. The molecule has 0 bridgehead atoms. The van der Waals surface area contributed by atoms with Crippen LogP contribution in [0, 0.1) is 6.92 Å². The Morgan fingerprint density at radius 2 is 2.22 bits per heavy atom. The van der Waals surface area contributed by atoms with Crippen molar-refractivity contribution < 1.29 is 14.7 Å². The van der Waals surface area contributed by atoms with Crippen molar-refractivity contribution in [3.63, 3.8) is 0 Å². The highest BCUT2D eigenvalue weighted by Gasteiger charge is 2.15. The van der Waals surface area contributed by atoms with Crippen LogP contribution in [0.3, 0.4) is 0 Å². The van der Waals surface area contributed by atoms with Gasteiger partial charge in [0.05, 0.1) is 5.69 Å². The fourth-order valence-electron chi connectivity index (χ4n) is 1.68. The number of carboxylic acids is 1. The molecule has 1 heterocycles. The molecule has 0 aliphatic rings. The molecule has 1 aromatic rings. The average Bonchev–Trinajstić information content (AvgIpc) is 2.68. The fourth-order valence-corrected chi connectivity index (χ4v) is 1.68. The van der Waals surface area contributed by atoms with E-state index in [1.165, 1.54) is 0 Å². The fraction of sp³-hybridized carbons (Fsp3) is 0.583. The first kappa shape index (κ1) is 14.2. The number of aromatic nitrogens is 2. The van der Waals surface area contributed by atoms with Crippen molar-refractivity contribution in [2.45, 2.75) is 46.2 Å². The number of aryl methyl sites for hydroxylation is 2. The Morgan fingerprint density at radius 3 is 2.78 bits per heavy atom. The molecule has 0 aliphatic heterocycles. The maximum absolute atomic E-state index is 12.0. The highest BCUT2D eigenvalue weighted by molar-refractivity contribution is 5.92. The van der Waals surface area contributed by atoms with E-state index in [2.05, 4.69) is 10.4 Å². The van der Waals surface area contributed by atoms with Crippen molar-refractivity contribution >= 4 is 11.9 Å². The lowest BCUT2D eigenvalue weighted by molar-refractivity contribution is -0.137. The Morgan fingerprint density at radius 1 is 1.56 bits per heavy atom. The maximum Gasteiger partial charge on any atom is 0.303 e. The second-order valence-corrected chi connectivity index (χ2v) is 4.29. The summed E-state index contributed by atoms with van der Waals surface area (Å²) < 4.78 is 1.63. The number of hydrogen-bond donors (Lipinski definition) is 2. The molecule has 2 N–H and O–H groups in total. The summed E-state index contributed by atoms with van der Waals surface area (Å²) in [5, 5.41) is 15.5. The van der Waals surface area contributed by atoms with E-state index in [4.69, 9.17) is 5.11 Å². The first-order valence-corrected chi connectivity index (χ1v) is 6.01. The van der Waals surface area contributed by atoms with Gasteiger partial charge in [-0.3, -0.25) is 14.3 Å². The van der Waals surface area contributed by atoms with E-state index < -0.39 is 5.97 Å². The van der Waals surface area contributed by atoms with E-state index in [0.29, 0.717) is 18.7 Å². The summed E-state index contributed by atoms with van der Waals surface area (Å²) in [4.78, 5) is 22.4. The molecule has 0 spiro atoms. The zero-order valence-electron chi connectivity index (χ0n) is 10.9. The van der Waals surface area contributed by atoms with Crippen LogP contribution in [0.2, 0.25) is 0 Å². The van der Waals surface area contributed by atoms with Crippen molar-refractivity contribution in [2.24, 2.45) is 0 Å². The van der Waals surface area contributed by atoms with Gasteiger partial charge < -0.3 is 10.4 Å². The Balaban J connectivity index is 2.61. The third-order valence-corrected chi connectivity index (χ3v) is 2.60. The van der Waals surface area contributed by atoms with Crippen molar-refractivity contribution in [1.29, 1.82) is 0 Å². The van der Waals surface area contributed by atoms with Crippen LogP contribution < -0.4 is 5.32 Å². The van der Waals surface area contributed by atoms with Crippen LogP contribution in [-0.2, 0) is 11.3 Å². The van der Waals surface area contributed by atoms with Gasteiger partial charge in [-0.05, 0) is 33.3 Å². The lowest BCUT2D eigenvalue weighted by Gasteiger charge is -2.13. The van der Waals surface area contributed by atoms with Crippen LogP contribution in [0.15, 0.2) is 6.07 Å². The van der Waals surface area contributed by atoms with Gasteiger partial charge in [0.25, 0.3) is 5.91 Å². The minimum Gasteiger partial charge on any atom is -0.481 e. The van der Waals surface area contributed by atoms with Gasteiger partial charge in [-0.1, -0.05) is 0 Å². The van der Waals surface area contributed by atoms with Gasteiger partial charge in [0.1, 0.15) is 5.69 Å². The van der Waals surface area contributed by atoms with Crippen LogP contribution in [0.1, 0.15) is 42.9 Å². The molecular weight excluding hydrogens is 234 g/mol. The van der Waals surface area contributed by atoms with Crippen LogP contribution in [0.25, 0.3) is 0 Å². The lowest BCUT2D eigenvalue weighted by Crippen LogP contribution is -2.34. The zero-order chi connectivity index (χ0) is 13.7. The molecule has 6 nitrogen and oxygen atoms in total.